The van der Waals surface area contributed by atoms with E-state index >= 15 is 0 Å². The normalized spacial score (nSPS) is 14.3. The number of ether oxygens (including phenoxy) is 1. The van der Waals surface area contributed by atoms with Gasteiger partial charge in [0.05, 0.1) is 18.4 Å². The summed E-state index contributed by atoms with van der Waals surface area (Å²) in [5, 5.41) is 14.1. The number of amides is 1. The minimum Gasteiger partial charge on any atom is -0.495 e. The Bertz CT molecular complexity index is 1250. The zero-order chi connectivity index (χ0) is 22.3. The number of carboxylic acid groups (broad SMARTS) is 1. The van der Waals surface area contributed by atoms with Crippen LogP contribution < -0.4 is 9.88 Å². The Morgan fingerprint density at radius 2 is 1.90 bits per heavy atom. The van der Waals surface area contributed by atoms with Gasteiger partial charge in [-0.05, 0) is 41.8 Å². The van der Waals surface area contributed by atoms with Gasteiger partial charge in [-0.2, -0.15) is 0 Å². The van der Waals surface area contributed by atoms with Crippen molar-refractivity contribution in [2.75, 3.05) is 13.7 Å². The highest BCUT2D eigenvalue weighted by Gasteiger charge is 2.36. The molecule has 3 rings (SSSR count). The van der Waals surface area contributed by atoms with Crippen LogP contribution in [0.2, 0.25) is 0 Å². The summed E-state index contributed by atoms with van der Waals surface area (Å²) >= 11 is 0. The summed E-state index contributed by atoms with van der Waals surface area (Å²) in [5.41, 5.74) is 0.583. The number of benzene rings is 2. The summed E-state index contributed by atoms with van der Waals surface area (Å²) in [5.74, 6) is -2.14. The summed E-state index contributed by atoms with van der Waals surface area (Å²) in [6, 6.07) is 7.71. The van der Waals surface area contributed by atoms with Gasteiger partial charge in [-0.25, -0.2) is 26.3 Å². The van der Waals surface area contributed by atoms with Crippen LogP contribution in [0, 0.1) is 0 Å². The molecule has 0 saturated heterocycles. The maximum absolute atomic E-state index is 13.0. The smallest absolute Gasteiger partial charge is 0.307 e. The number of aliphatic carboxylic acids is 1. The van der Waals surface area contributed by atoms with Crippen LogP contribution >= 0.6 is 0 Å². The highest BCUT2D eigenvalue weighted by atomic mass is 32.2. The van der Waals surface area contributed by atoms with E-state index in [0.717, 1.165) is 6.07 Å². The van der Waals surface area contributed by atoms with Crippen LogP contribution in [0.3, 0.4) is 0 Å². The molecule has 0 bridgehead atoms. The fraction of sp³-hybridized carbons (Fsp3) is 0.222. The number of primary sulfonamides is 1. The van der Waals surface area contributed by atoms with Gasteiger partial charge in [0.1, 0.15) is 10.6 Å². The largest absolute Gasteiger partial charge is 0.495 e. The molecule has 0 unspecified atom stereocenters. The number of hydrogen-bond acceptors (Lipinski definition) is 7. The van der Waals surface area contributed by atoms with E-state index in [1.807, 2.05) is 0 Å². The van der Waals surface area contributed by atoms with E-state index in [1.54, 1.807) is 0 Å². The molecule has 2 aromatic rings. The highest BCUT2D eigenvalue weighted by Crippen LogP contribution is 2.32. The highest BCUT2D eigenvalue weighted by molar-refractivity contribution is 7.89. The van der Waals surface area contributed by atoms with E-state index in [2.05, 4.69) is 0 Å². The molecule has 0 atom stereocenters. The van der Waals surface area contributed by atoms with Crippen LogP contribution in [0.5, 0.6) is 5.75 Å². The summed E-state index contributed by atoms with van der Waals surface area (Å²) in [7, 11) is -7.17. The molecule has 160 valence electrons. The van der Waals surface area contributed by atoms with Crippen molar-refractivity contribution in [2.45, 2.75) is 22.6 Å². The number of hydrogen-bond donors (Lipinski definition) is 2. The van der Waals surface area contributed by atoms with Crippen molar-refractivity contribution in [1.82, 2.24) is 4.31 Å². The van der Waals surface area contributed by atoms with Gasteiger partial charge in [-0.1, -0.05) is 12.1 Å². The van der Waals surface area contributed by atoms with Gasteiger partial charge in [-0.3, -0.25) is 9.59 Å². The second-order valence-corrected chi connectivity index (χ2v) is 9.95. The number of nitrogens with two attached hydrogens (primary N) is 1. The van der Waals surface area contributed by atoms with Gasteiger partial charge >= 0.3 is 5.97 Å². The molecular formula is C18H18N2O8S2. The van der Waals surface area contributed by atoms with Gasteiger partial charge in [-0.15, -0.1) is 0 Å². The predicted molar refractivity (Wildman–Crippen MR) is 104 cm³/mol. The van der Waals surface area contributed by atoms with Gasteiger partial charge in [0.15, 0.2) is 0 Å². The van der Waals surface area contributed by atoms with E-state index in [4.69, 9.17) is 15.0 Å². The van der Waals surface area contributed by atoms with Gasteiger partial charge in [0.25, 0.3) is 15.9 Å². The molecule has 0 saturated carbocycles. The first-order valence-corrected chi connectivity index (χ1v) is 11.6. The van der Waals surface area contributed by atoms with Crippen LogP contribution in [0.25, 0.3) is 0 Å². The van der Waals surface area contributed by atoms with E-state index in [9.17, 15) is 26.4 Å². The average Bonchev–Trinajstić information content (AvgIpc) is 2.66. The average molecular weight is 454 g/mol. The molecule has 1 aliphatic heterocycles. The lowest BCUT2D eigenvalue weighted by atomic mass is 10.00. The molecule has 2 aromatic carbocycles. The van der Waals surface area contributed by atoms with Crippen molar-refractivity contribution in [3.05, 3.63) is 53.1 Å². The zero-order valence-electron chi connectivity index (χ0n) is 15.7. The third-order valence-corrected chi connectivity index (χ3v) is 7.29. The fourth-order valence-corrected chi connectivity index (χ4v) is 5.38. The second kappa shape index (κ2) is 7.70. The molecular weight excluding hydrogens is 436 g/mol. The van der Waals surface area contributed by atoms with Crippen molar-refractivity contribution < 1.29 is 36.3 Å². The molecule has 0 aromatic heterocycles. The zero-order valence-corrected chi connectivity index (χ0v) is 17.4. The molecule has 3 N–H and O–H groups in total. The Labute approximate surface area is 173 Å². The fourth-order valence-electron chi connectivity index (χ4n) is 3.19. The lowest BCUT2D eigenvalue weighted by Crippen LogP contribution is -2.42. The van der Waals surface area contributed by atoms with Crippen molar-refractivity contribution in [2.24, 2.45) is 5.14 Å². The van der Waals surface area contributed by atoms with E-state index in [0.29, 0.717) is 9.87 Å². The molecule has 0 radical (unpaired) electrons. The minimum atomic E-state index is -4.26. The standard InChI is InChI=1S/C18H18N2O8S2/c1-28-15-10-14-12(9-16(15)29(19,24)25)5-6-20(18(14)23)30(26,27)13-4-2-3-11(7-13)8-17(21)22/h2-4,7,9-10H,5-6,8H2,1H3,(H,21,22)(H2,19,24,25). The molecule has 0 aliphatic carbocycles. The lowest BCUT2D eigenvalue weighted by Gasteiger charge is -2.28. The number of methoxy groups -OCH3 is 1. The molecule has 12 heteroatoms. The number of carboxylic acids is 1. The van der Waals surface area contributed by atoms with Crippen LogP contribution in [0.4, 0.5) is 0 Å². The number of fused-ring (bicyclic) bond motifs is 1. The first-order chi connectivity index (χ1) is 13.9. The molecule has 0 fully saturated rings. The Kier molecular flexibility index (Phi) is 5.58. The van der Waals surface area contributed by atoms with Crippen molar-refractivity contribution in [1.29, 1.82) is 0 Å². The van der Waals surface area contributed by atoms with E-state index in [1.165, 1.54) is 37.4 Å². The van der Waals surface area contributed by atoms with Gasteiger partial charge in [0.2, 0.25) is 10.0 Å². The number of carbonyl (C=O) groups excluding carboxylic acids is 1. The topological polar surface area (TPSA) is 161 Å². The first-order valence-electron chi connectivity index (χ1n) is 8.56. The summed E-state index contributed by atoms with van der Waals surface area (Å²) < 4.78 is 55.3. The molecule has 1 heterocycles. The molecule has 0 spiro atoms. The second-order valence-electron chi connectivity index (χ2n) is 6.56. The van der Waals surface area contributed by atoms with Gasteiger partial charge in [0, 0.05) is 12.1 Å². The number of sulfonamides is 2. The molecule has 1 aliphatic rings. The van der Waals surface area contributed by atoms with Crippen LogP contribution in [-0.2, 0) is 37.7 Å². The maximum atomic E-state index is 13.0. The number of carbonyl (C=O) groups is 2. The Balaban J connectivity index is 2.04. The Morgan fingerprint density at radius 3 is 2.50 bits per heavy atom. The quantitative estimate of drug-likeness (QED) is 0.632. The molecule has 1 amide bonds. The van der Waals surface area contributed by atoms with Gasteiger partial charge < -0.3 is 9.84 Å². The van der Waals surface area contributed by atoms with Crippen molar-refractivity contribution in [3.8, 4) is 5.75 Å². The maximum Gasteiger partial charge on any atom is 0.307 e. The summed E-state index contributed by atoms with van der Waals surface area (Å²) in [4.78, 5) is 23.3. The molecule has 10 nitrogen and oxygen atoms in total. The third-order valence-electron chi connectivity index (χ3n) is 4.58. The molecule has 30 heavy (non-hydrogen) atoms. The Hall–Kier alpha value is -2.96. The van der Waals surface area contributed by atoms with Crippen LogP contribution in [-0.4, -0.2) is 51.8 Å². The van der Waals surface area contributed by atoms with Crippen molar-refractivity contribution in [3.63, 3.8) is 0 Å². The number of nitrogens with zero attached hydrogens (tertiary/aromatic N) is 1. The number of rotatable bonds is 6. The SMILES string of the molecule is COc1cc2c(cc1S(N)(=O)=O)CCN(S(=O)(=O)c1cccc(CC(=O)O)c1)C2=O. The Morgan fingerprint density at radius 1 is 1.20 bits per heavy atom. The van der Waals surface area contributed by atoms with E-state index < -0.39 is 31.9 Å². The van der Waals surface area contributed by atoms with Crippen LogP contribution in [0.1, 0.15) is 21.5 Å². The monoisotopic (exact) mass is 454 g/mol. The lowest BCUT2D eigenvalue weighted by molar-refractivity contribution is -0.136. The van der Waals surface area contributed by atoms with Crippen LogP contribution in [0.15, 0.2) is 46.2 Å². The summed E-state index contributed by atoms with van der Waals surface area (Å²) in [6.45, 7) is -0.215. The predicted octanol–water partition coefficient (Wildman–Crippen LogP) is 0.357. The first kappa shape index (κ1) is 21.7. The third kappa shape index (κ3) is 4.01. The minimum absolute atomic E-state index is 0.0178. The summed E-state index contributed by atoms with van der Waals surface area (Å²) in [6.07, 6.45) is -0.296. The van der Waals surface area contributed by atoms with E-state index in [-0.39, 0.29) is 46.1 Å². The van der Waals surface area contributed by atoms with Crippen molar-refractivity contribution >= 4 is 31.9 Å².